The second kappa shape index (κ2) is 7.05. The molecule has 0 aliphatic rings. The third kappa shape index (κ3) is 6.77. The fourth-order valence-corrected chi connectivity index (χ4v) is 0.369. The van der Waals surface area contributed by atoms with Gasteiger partial charge in [-0.15, -0.1) is 0 Å². The summed E-state index contributed by atoms with van der Waals surface area (Å²) in [5, 5.41) is 0. The number of esters is 1. The van der Waals surface area contributed by atoms with Crippen LogP contribution in [0, 0.1) is 0 Å². The van der Waals surface area contributed by atoms with Gasteiger partial charge in [-0.2, -0.15) is 4.89 Å². The molecule has 0 saturated carbocycles. The number of ether oxygens (including phenoxy) is 1. The van der Waals surface area contributed by atoms with E-state index in [0.717, 1.165) is 12.2 Å². The first-order valence-electron chi connectivity index (χ1n) is 3.45. The summed E-state index contributed by atoms with van der Waals surface area (Å²) in [5.74, 6) is -1.26. The van der Waals surface area contributed by atoms with Crippen LogP contribution in [0.4, 0.5) is 0 Å². The van der Waals surface area contributed by atoms with Crippen molar-refractivity contribution in [3.05, 3.63) is 25.3 Å². The normalized spacial score (nSPS) is 8.62. The quantitative estimate of drug-likeness (QED) is 0.197. The molecule has 0 amide bonds. The summed E-state index contributed by atoms with van der Waals surface area (Å²) in [6, 6.07) is 0. The summed E-state index contributed by atoms with van der Waals surface area (Å²) < 4.78 is 4.51. The van der Waals surface area contributed by atoms with Gasteiger partial charge in [-0.25, -0.2) is 9.59 Å². The Morgan fingerprint density at radius 3 is 2.23 bits per heavy atom. The predicted octanol–water partition coefficient (Wildman–Crippen LogP) is 0.376. The van der Waals surface area contributed by atoms with Gasteiger partial charge < -0.3 is 4.74 Å². The highest BCUT2D eigenvalue weighted by Gasteiger charge is 1.98. The number of hydrogen-bond donors (Lipinski definition) is 0. The first kappa shape index (κ1) is 11.4. The molecule has 0 spiro atoms. The molecule has 0 heterocycles. The van der Waals surface area contributed by atoms with Crippen LogP contribution in [0.25, 0.3) is 0 Å². The molecule has 0 aromatic carbocycles. The van der Waals surface area contributed by atoms with Crippen molar-refractivity contribution in [2.24, 2.45) is 0 Å². The first-order chi connectivity index (χ1) is 6.20. The number of carbonyl (C=O) groups excluding carboxylic acids is 2. The predicted molar refractivity (Wildman–Crippen MR) is 43.4 cm³/mol. The van der Waals surface area contributed by atoms with E-state index in [4.69, 9.17) is 0 Å². The van der Waals surface area contributed by atoms with Crippen molar-refractivity contribution in [2.45, 2.75) is 0 Å². The minimum Gasteiger partial charge on any atom is -0.460 e. The summed E-state index contributed by atoms with van der Waals surface area (Å²) in [6.07, 6.45) is 1.98. The van der Waals surface area contributed by atoms with E-state index in [2.05, 4.69) is 27.7 Å². The van der Waals surface area contributed by atoms with E-state index >= 15 is 0 Å². The average Bonchev–Trinajstić information content (AvgIpc) is 2.16. The maximum Gasteiger partial charge on any atom is 0.365 e. The third-order valence-electron chi connectivity index (χ3n) is 0.885. The van der Waals surface area contributed by atoms with Crippen molar-refractivity contribution in [1.82, 2.24) is 0 Å². The molecule has 0 bridgehead atoms. The van der Waals surface area contributed by atoms with Gasteiger partial charge in [-0.3, -0.25) is 4.89 Å². The molecule has 0 aromatic rings. The van der Waals surface area contributed by atoms with Crippen LogP contribution in [0.1, 0.15) is 0 Å². The van der Waals surface area contributed by atoms with Gasteiger partial charge in [0.2, 0.25) is 0 Å². The van der Waals surface area contributed by atoms with E-state index in [0.29, 0.717) is 0 Å². The SMILES string of the molecule is C=CC(=O)OCCOOC(=O)C=C. The molecule has 13 heavy (non-hydrogen) atoms. The lowest BCUT2D eigenvalue weighted by Crippen LogP contribution is -2.10. The van der Waals surface area contributed by atoms with Crippen LogP contribution in [-0.4, -0.2) is 25.2 Å². The van der Waals surface area contributed by atoms with Gasteiger partial charge in [0.15, 0.2) is 0 Å². The molecule has 0 N–H and O–H groups in total. The lowest BCUT2D eigenvalue weighted by atomic mass is 10.6. The zero-order valence-corrected chi connectivity index (χ0v) is 7.02. The molecule has 5 nitrogen and oxygen atoms in total. The molecule has 0 aliphatic heterocycles. The Hall–Kier alpha value is -1.62. The molecule has 0 aliphatic carbocycles. The van der Waals surface area contributed by atoms with Gasteiger partial charge >= 0.3 is 11.9 Å². The minimum atomic E-state index is -0.699. The van der Waals surface area contributed by atoms with E-state index in [1.807, 2.05) is 0 Å². The highest BCUT2D eigenvalue weighted by Crippen LogP contribution is 1.84. The monoisotopic (exact) mass is 186 g/mol. The molecule has 0 rings (SSSR count). The summed E-state index contributed by atoms with van der Waals surface area (Å²) in [5.41, 5.74) is 0. The van der Waals surface area contributed by atoms with Crippen molar-refractivity contribution < 1.29 is 24.1 Å². The molecule has 0 radical (unpaired) electrons. The van der Waals surface area contributed by atoms with Crippen LogP contribution < -0.4 is 0 Å². The molecule has 0 aromatic heterocycles. The van der Waals surface area contributed by atoms with Crippen LogP contribution in [0.5, 0.6) is 0 Å². The van der Waals surface area contributed by atoms with E-state index in [1.165, 1.54) is 0 Å². The summed E-state index contributed by atoms with van der Waals surface area (Å²) in [7, 11) is 0. The molecule has 0 fully saturated rings. The Balaban J connectivity index is 3.26. The molecular weight excluding hydrogens is 176 g/mol. The lowest BCUT2D eigenvalue weighted by Gasteiger charge is -2.01. The zero-order valence-electron chi connectivity index (χ0n) is 7.02. The summed E-state index contributed by atoms with van der Waals surface area (Å²) in [4.78, 5) is 29.3. The maximum absolute atomic E-state index is 10.4. The fraction of sp³-hybridized carbons (Fsp3) is 0.250. The van der Waals surface area contributed by atoms with Crippen molar-refractivity contribution in [2.75, 3.05) is 13.2 Å². The van der Waals surface area contributed by atoms with E-state index in [1.54, 1.807) is 0 Å². The Kier molecular flexibility index (Phi) is 6.17. The number of hydrogen-bond acceptors (Lipinski definition) is 5. The van der Waals surface area contributed by atoms with Gasteiger partial charge in [0.25, 0.3) is 0 Å². The summed E-state index contributed by atoms with van der Waals surface area (Å²) >= 11 is 0. The minimum absolute atomic E-state index is 0.00469. The molecule has 5 heteroatoms. The second-order valence-electron chi connectivity index (χ2n) is 1.80. The fourth-order valence-electron chi connectivity index (χ4n) is 0.369. The van der Waals surface area contributed by atoms with Crippen LogP contribution in [0.15, 0.2) is 25.3 Å². The molecule has 72 valence electrons. The third-order valence-corrected chi connectivity index (χ3v) is 0.885. The van der Waals surface area contributed by atoms with Crippen LogP contribution in [0.3, 0.4) is 0 Å². The van der Waals surface area contributed by atoms with Crippen molar-refractivity contribution in [3.63, 3.8) is 0 Å². The number of rotatable bonds is 6. The van der Waals surface area contributed by atoms with Crippen molar-refractivity contribution in [1.29, 1.82) is 0 Å². The smallest absolute Gasteiger partial charge is 0.365 e. The first-order valence-corrected chi connectivity index (χ1v) is 3.45. The van der Waals surface area contributed by atoms with Gasteiger partial charge in [-0.1, -0.05) is 13.2 Å². The standard InChI is InChI=1S/C8H10O5/c1-3-7(9)11-5-6-12-13-8(10)4-2/h3-4H,1-2,5-6H2. The van der Waals surface area contributed by atoms with E-state index in [-0.39, 0.29) is 13.2 Å². The topological polar surface area (TPSA) is 61.8 Å². The van der Waals surface area contributed by atoms with E-state index in [9.17, 15) is 9.59 Å². The molecule has 0 atom stereocenters. The molecule has 0 unspecified atom stereocenters. The van der Waals surface area contributed by atoms with Gasteiger partial charge in [0, 0.05) is 12.2 Å². The largest absolute Gasteiger partial charge is 0.460 e. The molecule has 0 saturated heterocycles. The van der Waals surface area contributed by atoms with Crippen LogP contribution in [-0.2, 0) is 24.1 Å². The van der Waals surface area contributed by atoms with Crippen molar-refractivity contribution in [3.8, 4) is 0 Å². The highest BCUT2D eigenvalue weighted by molar-refractivity contribution is 5.81. The second-order valence-corrected chi connectivity index (χ2v) is 1.80. The molecular formula is C8H10O5. The Morgan fingerprint density at radius 2 is 1.69 bits per heavy atom. The van der Waals surface area contributed by atoms with Crippen LogP contribution in [0.2, 0.25) is 0 Å². The Bertz CT molecular complexity index is 187. The van der Waals surface area contributed by atoms with E-state index < -0.39 is 11.9 Å². The van der Waals surface area contributed by atoms with Crippen LogP contribution >= 0.6 is 0 Å². The van der Waals surface area contributed by atoms with Gasteiger partial charge in [-0.05, 0) is 0 Å². The Morgan fingerprint density at radius 1 is 1.08 bits per heavy atom. The highest BCUT2D eigenvalue weighted by atomic mass is 17.2. The van der Waals surface area contributed by atoms with Gasteiger partial charge in [0.05, 0.1) is 0 Å². The average molecular weight is 186 g/mol. The van der Waals surface area contributed by atoms with Crippen molar-refractivity contribution >= 4 is 11.9 Å². The van der Waals surface area contributed by atoms with Gasteiger partial charge in [0.1, 0.15) is 13.2 Å². The zero-order chi connectivity index (χ0) is 10.1. The maximum atomic E-state index is 10.4. The Labute approximate surface area is 75.5 Å². The number of carbonyl (C=O) groups is 2. The lowest BCUT2D eigenvalue weighted by molar-refractivity contribution is -0.270. The summed E-state index contributed by atoms with van der Waals surface area (Å²) in [6.45, 7) is 6.30.